The minimum Gasteiger partial charge on any atom is -0.303 e. The minimum absolute atomic E-state index is 0.0153. The zero-order valence-corrected chi connectivity index (χ0v) is 18.3. The molecule has 4 nitrogen and oxygen atoms in total. The molecule has 27 heavy (non-hydrogen) atoms. The van der Waals surface area contributed by atoms with E-state index in [0.717, 1.165) is 49.4 Å². The second-order valence-corrected chi connectivity index (χ2v) is 13.3. The van der Waals surface area contributed by atoms with Crippen LogP contribution >= 0.6 is 0 Å². The van der Waals surface area contributed by atoms with Gasteiger partial charge in [-0.15, -0.1) is 0 Å². The number of imide groups is 1. The molecule has 1 unspecified atom stereocenters. The standard InChI is InChI=1S/C22H34N2O2Si/c1-5-27(6-2,7-3)24-20(25)22(4,18-14-10-8-11-15-18)23(21(24)26)19-16-12-9-13-17-19/h8,10-11,14-15,19H,5-7,9,12-13,16-17H2,1-4H3. The van der Waals surface area contributed by atoms with Crippen molar-refractivity contribution in [3.05, 3.63) is 35.9 Å². The van der Waals surface area contributed by atoms with Gasteiger partial charge in [-0.1, -0.05) is 70.4 Å². The quantitative estimate of drug-likeness (QED) is 0.478. The van der Waals surface area contributed by atoms with Gasteiger partial charge in [-0.05, 0) is 43.5 Å². The maximum atomic E-state index is 13.9. The Labute approximate surface area is 165 Å². The summed E-state index contributed by atoms with van der Waals surface area (Å²) in [6, 6.07) is 12.9. The first-order valence-corrected chi connectivity index (χ1v) is 13.3. The molecule has 0 bridgehead atoms. The van der Waals surface area contributed by atoms with E-state index in [0.29, 0.717) is 0 Å². The molecular formula is C22H34N2O2Si. The highest BCUT2D eigenvalue weighted by atomic mass is 28.3. The third-order valence-electron chi connectivity index (χ3n) is 7.22. The highest BCUT2D eigenvalue weighted by Gasteiger charge is 2.61. The molecule has 1 saturated carbocycles. The zero-order chi connectivity index (χ0) is 19.7. The van der Waals surface area contributed by atoms with Gasteiger partial charge in [0.25, 0.3) is 5.91 Å². The van der Waals surface area contributed by atoms with Gasteiger partial charge in [-0.25, -0.2) is 4.79 Å². The molecule has 5 heteroatoms. The SMILES string of the molecule is CC[Si](CC)(CC)N1C(=O)N(C2CCCCC2)C(C)(c2ccccc2)C1=O. The van der Waals surface area contributed by atoms with Crippen LogP contribution in [0.4, 0.5) is 4.79 Å². The van der Waals surface area contributed by atoms with E-state index >= 15 is 0 Å². The average Bonchev–Trinajstić information content (AvgIpc) is 2.93. The monoisotopic (exact) mass is 386 g/mol. The molecule has 1 heterocycles. The van der Waals surface area contributed by atoms with Crippen molar-refractivity contribution in [2.75, 3.05) is 0 Å². The number of rotatable bonds is 6. The summed E-state index contributed by atoms with van der Waals surface area (Å²) in [5, 5.41) is 0. The van der Waals surface area contributed by atoms with Gasteiger partial charge in [-0.3, -0.25) is 9.36 Å². The number of nitrogens with zero attached hydrogens (tertiary/aromatic N) is 2. The number of benzene rings is 1. The van der Waals surface area contributed by atoms with Crippen molar-refractivity contribution in [2.45, 2.75) is 89.5 Å². The van der Waals surface area contributed by atoms with Crippen molar-refractivity contribution in [2.24, 2.45) is 0 Å². The lowest BCUT2D eigenvalue weighted by Crippen LogP contribution is -2.56. The second kappa shape index (κ2) is 7.78. The van der Waals surface area contributed by atoms with Crippen molar-refractivity contribution < 1.29 is 9.59 Å². The predicted octanol–water partition coefficient (Wildman–Crippen LogP) is 5.50. The molecule has 1 aromatic carbocycles. The molecule has 1 saturated heterocycles. The van der Waals surface area contributed by atoms with Crippen LogP contribution in [0.5, 0.6) is 0 Å². The fraction of sp³-hybridized carbons (Fsp3) is 0.636. The van der Waals surface area contributed by atoms with Gasteiger partial charge in [0.05, 0.1) is 0 Å². The first-order valence-electron chi connectivity index (χ1n) is 10.7. The van der Waals surface area contributed by atoms with E-state index in [1.807, 2.05) is 42.2 Å². The summed E-state index contributed by atoms with van der Waals surface area (Å²) in [6.07, 6.45) is 5.54. The smallest absolute Gasteiger partial charge is 0.303 e. The Morgan fingerprint density at radius 3 is 2.04 bits per heavy atom. The summed E-state index contributed by atoms with van der Waals surface area (Å²) in [6.45, 7) is 8.45. The van der Waals surface area contributed by atoms with Crippen LogP contribution in [-0.2, 0) is 10.3 Å². The molecule has 3 amide bonds. The fourth-order valence-electron chi connectivity index (χ4n) is 5.24. The maximum absolute atomic E-state index is 13.9. The van der Waals surface area contributed by atoms with Gasteiger partial charge in [0.15, 0.2) is 8.24 Å². The van der Waals surface area contributed by atoms with Crippen LogP contribution in [0.25, 0.3) is 0 Å². The van der Waals surface area contributed by atoms with Gasteiger partial charge in [0, 0.05) is 6.04 Å². The van der Waals surface area contributed by atoms with E-state index in [4.69, 9.17) is 0 Å². The third-order valence-corrected chi connectivity index (χ3v) is 12.5. The average molecular weight is 387 g/mol. The summed E-state index contributed by atoms with van der Waals surface area (Å²) in [7, 11) is -2.14. The lowest BCUT2D eigenvalue weighted by atomic mass is 9.86. The summed E-state index contributed by atoms with van der Waals surface area (Å²) in [5.41, 5.74) is 0.0700. The van der Waals surface area contributed by atoms with E-state index < -0.39 is 13.8 Å². The van der Waals surface area contributed by atoms with Gasteiger partial charge < -0.3 is 4.90 Å². The van der Waals surface area contributed by atoms with Gasteiger partial charge in [-0.2, -0.15) is 0 Å². The number of hydrogen-bond donors (Lipinski definition) is 0. The second-order valence-electron chi connectivity index (χ2n) is 8.31. The van der Waals surface area contributed by atoms with Crippen molar-refractivity contribution in [3.63, 3.8) is 0 Å². The summed E-state index contributed by atoms with van der Waals surface area (Å²) in [4.78, 5) is 29.7. The third kappa shape index (κ3) is 3.04. The normalized spacial score (nSPS) is 24.7. The first kappa shape index (κ1) is 20.1. The van der Waals surface area contributed by atoms with Crippen molar-refractivity contribution in [1.29, 1.82) is 0 Å². The molecule has 148 valence electrons. The van der Waals surface area contributed by atoms with E-state index in [-0.39, 0.29) is 18.0 Å². The first-order chi connectivity index (χ1) is 13.0. The summed E-state index contributed by atoms with van der Waals surface area (Å²) in [5.74, 6) is 0.0153. The van der Waals surface area contributed by atoms with Gasteiger partial charge in [0.1, 0.15) is 5.54 Å². The molecule has 0 N–H and O–H groups in total. The number of hydrogen-bond acceptors (Lipinski definition) is 2. The van der Waals surface area contributed by atoms with Gasteiger partial charge in [0.2, 0.25) is 0 Å². The molecule has 1 aromatic rings. The highest BCUT2D eigenvalue weighted by molar-refractivity contribution is 6.81. The molecule has 0 aromatic heterocycles. The Kier molecular flexibility index (Phi) is 5.80. The zero-order valence-electron chi connectivity index (χ0n) is 17.3. The minimum atomic E-state index is -2.14. The van der Waals surface area contributed by atoms with Crippen molar-refractivity contribution in [1.82, 2.24) is 9.47 Å². The van der Waals surface area contributed by atoms with Crippen LogP contribution in [0.15, 0.2) is 30.3 Å². The molecule has 1 aliphatic carbocycles. The molecule has 1 aliphatic heterocycles. The Morgan fingerprint density at radius 2 is 1.52 bits per heavy atom. The predicted molar refractivity (Wildman–Crippen MR) is 112 cm³/mol. The molecule has 0 radical (unpaired) electrons. The number of amides is 3. The molecule has 1 atom stereocenters. The van der Waals surface area contributed by atoms with Crippen LogP contribution < -0.4 is 0 Å². The Hall–Kier alpha value is -1.62. The topological polar surface area (TPSA) is 40.6 Å². The summed E-state index contributed by atoms with van der Waals surface area (Å²) >= 11 is 0. The van der Waals surface area contributed by atoms with Crippen LogP contribution in [0.3, 0.4) is 0 Å². The Bertz CT molecular complexity index is 675. The van der Waals surface area contributed by atoms with E-state index in [9.17, 15) is 9.59 Å². The Morgan fingerprint density at radius 1 is 0.963 bits per heavy atom. The van der Waals surface area contributed by atoms with Crippen LogP contribution in [0, 0.1) is 0 Å². The van der Waals surface area contributed by atoms with Gasteiger partial charge >= 0.3 is 6.03 Å². The van der Waals surface area contributed by atoms with Crippen LogP contribution in [-0.4, -0.2) is 35.7 Å². The molecule has 3 rings (SSSR count). The van der Waals surface area contributed by atoms with E-state index in [2.05, 4.69) is 20.8 Å². The largest absolute Gasteiger partial charge is 0.320 e. The lowest BCUT2D eigenvalue weighted by Gasteiger charge is -2.40. The lowest BCUT2D eigenvalue weighted by molar-refractivity contribution is -0.131. The number of urea groups is 1. The Balaban J connectivity index is 2.14. The fourth-order valence-corrected chi connectivity index (χ4v) is 8.85. The van der Waals surface area contributed by atoms with Crippen LogP contribution in [0.1, 0.15) is 65.4 Å². The summed E-state index contributed by atoms with van der Waals surface area (Å²) < 4.78 is 1.77. The molecule has 0 spiro atoms. The maximum Gasteiger partial charge on any atom is 0.320 e. The van der Waals surface area contributed by atoms with Crippen LogP contribution in [0.2, 0.25) is 18.1 Å². The van der Waals surface area contributed by atoms with Crippen molar-refractivity contribution in [3.8, 4) is 0 Å². The molecule has 2 aliphatic rings. The molecule has 2 fully saturated rings. The number of carbonyl (C=O) groups excluding carboxylic acids is 2. The van der Waals surface area contributed by atoms with Crippen molar-refractivity contribution >= 4 is 20.2 Å². The van der Waals surface area contributed by atoms with E-state index in [1.165, 1.54) is 6.42 Å². The molecular weight excluding hydrogens is 352 g/mol. The number of carbonyl (C=O) groups is 2. The highest BCUT2D eigenvalue weighted by Crippen LogP contribution is 2.45. The van der Waals surface area contributed by atoms with E-state index in [1.54, 1.807) is 4.57 Å².